The smallest absolute Gasteiger partial charge is 0.435 e. The van der Waals surface area contributed by atoms with Gasteiger partial charge in [0.15, 0.2) is 0 Å². The van der Waals surface area contributed by atoms with Gasteiger partial charge in [-0.25, -0.2) is 4.79 Å². The van der Waals surface area contributed by atoms with Gasteiger partial charge in [-0.2, -0.15) is 0 Å². The topological polar surface area (TPSA) is 35.5 Å². The van der Waals surface area contributed by atoms with Gasteiger partial charge < -0.3 is 9.47 Å². The molecule has 0 aromatic rings. The molecule has 0 radical (unpaired) electrons. The predicted octanol–water partition coefficient (Wildman–Crippen LogP) is 1.98. The van der Waals surface area contributed by atoms with Crippen LogP contribution in [0.15, 0.2) is 12.7 Å². The first-order chi connectivity index (χ1) is 5.20. The van der Waals surface area contributed by atoms with Crippen LogP contribution >= 0.6 is 0 Å². The maximum absolute atomic E-state index is 10.6. The monoisotopic (exact) mass is 158 g/mol. The van der Waals surface area contributed by atoms with Crippen molar-refractivity contribution in [3.8, 4) is 0 Å². The van der Waals surface area contributed by atoms with Gasteiger partial charge >= 0.3 is 6.16 Å². The van der Waals surface area contributed by atoms with Gasteiger partial charge in [0, 0.05) is 5.92 Å². The molecule has 0 heterocycles. The highest BCUT2D eigenvalue weighted by molar-refractivity contribution is 5.59. The van der Waals surface area contributed by atoms with E-state index in [1.807, 2.05) is 6.92 Å². The Morgan fingerprint density at radius 3 is 2.73 bits per heavy atom. The van der Waals surface area contributed by atoms with Crippen LogP contribution in [0.1, 0.15) is 13.8 Å². The minimum Gasteiger partial charge on any atom is -0.435 e. The molecule has 11 heavy (non-hydrogen) atoms. The van der Waals surface area contributed by atoms with Gasteiger partial charge in [-0.15, -0.1) is 6.58 Å². The molecule has 1 unspecified atom stereocenters. The van der Waals surface area contributed by atoms with Gasteiger partial charge in [0.25, 0.3) is 0 Å². The molecule has 0 fully saturated rings. The molecule has 0 bridgehead atoms. The molecule has 3 heteroatoms. The number of hydrogen-bond acceptors (Lipinski definition) is 3. The Labute approximate surface area is 67.0 Å². The Morgan fingerprint density at radius 1 is 1.64 bits per heavy atom. The van der Waals surface area contributed by atoms with Crippen LogP contribution in [-0.2, 0) is 9.47 Å². The van der Waals surface area contributed by atoms with Crippen LogP contribution in [-0.4, -0.2) is 19.4 Å². The van der Waals surface area contributed by atoms with E-state index in [0.29, 0.717) is 13.2 Å². The van der Waals surface area contributed by atoms with E-state index in [-0.39, 0.29) is 5.92 Å². The number of carbonyl (C=O) groups excluding carboxylic acids is 1. The normalized spacial score (nSPS) is 11.8. The van der Waals surface area contributed by atoms with Crippen LogP contribution in [0, 0.1) is 5.92 Å². The standard InChI is InChI=1S/C8H14O3/c1-4-7(3)6-11-8(9)10-5-2/h4,7H,1,5-6H2,2-3H3. The lowest BCUT2D eigenvalue weighted by Crippen LogP contribution is -2.11. The first kappa shape index (κ1) is 10.0. The summed E-state index contributed by atoms with van der Waals surface area (Å²) in [5.41, 5.74) is 0. The summed E-state index contributed by atoms with van der Waals surface area (Å²) < 4.78 is 9.24. The van der Waals surface area contributed by atoms with E-state index in [2.05, 4.69) is 11.3 Å². The summed E-state index contributed by atoms with van der Waals surface area (Å²) in [6.45, 7) is 7.88. The molecule has 0 aromatic carbocycles. The Morgan fingerprint density at radius 2 is 2.27 bits per heavy atom. The predicted molar refractivity (Wildman–Crippen MR) is 42.3 cm³/mol. The molecular weight excluding hydrogens is 144 g/mol. The molecule has 0 aliphatic rings. The number of ether oxygens (including phenoxy) is 2. The molecule has 0 aliphatic heterocycles. The third-order valence-corrected chi connectivity index (χ3v) is 1.13. The lowest BCUT2D eigenvalue weighted by atomic mass is 10.2. The summed E-state index contributed by atoms with van der Waals surface area (Å²) in [6, 6.07) is 0. The van der Waals surface area contributed by atoms with Crippen molar-refractivity contribution in [1.82, 2.24) is 0 Å². The number of carbonyl (C=O) groups is 1. The van der Waals surface area contributed by atoms with Crippen LogP contribution < -0.4 is 0 Å². The molecule has 1 atom stereocenters. The Kier molecular flexibility index (Phi) is 5.25. The van der Waals surface area contributed by atoms with E-state index in [9.17, 15) is 4.79 Å². The van der Waals surface area contributed by atoms with Crippen LogP contribution in [0.4, 0.5) is 4.79 Å². The van der Waals surface area contributed by atoms with Crippen molar-refractivity contribution < 1.29 is 14.3 Å². The zero-order valence-corrected chi connectivity index (χ0v) is 7.00. The van der Waals surface area contributed by atoms with E-state index in [4.69, 9.17) is 4.74 Å². The Balaban J connectivity index is 3.37. The molecule has 0 saturated heterocycles. The van der Waals surface area contributed by atoms with Gasteiger partial charge in [-0.05, 0) is 6.92 Å². The minimum atomic E-state index is -0.610. The molecule has 0 rings (SSSR count). The molecule has 0 amide bonds. The second-order valence-electron chi connectivity index (χ2n) is 2.21. The van der Waals surface area contributed by atoms with Gasteiger partial charge in [-0.3, -0.25) is 0 Å². The maximum Gasteiger partial charge on any atom is 0.508 e. The van der Waals surface area contributed by atoms with E-state index in [0.717, 1.165) is 0 Å². The average molecular weight is 158 g/mol. The summed E-state index contributed by atoms with van der Waals surface area (Å²) >= 11 is 0. The van der Waals surface area contributed by atoms with E-state index in [1.54, 1.807) is 13.0 Å². The summed E-state index contributed by atoms with van der Waals surface area (Å²) in [5.74, 6) is 0.180. The summed E-state index contributed by atoms with van der Waals surface area (Å²) in [4.78, 5) is 10.6. The minimum absolute atomic E-state index is 0.180. The van der Waals surface area contributed by atoms with Crippen LogP contribution in [0.3, 0.4) is 0 Å². The summed E-state index contributed by atoms with van der Waals surface area (Å²) in [5, 5.41) is 0. The molecule has 0 N–H and O–H groups in total. The van der Waals surface area contributed by atoms with Crippen molar-refractivity contribution in [1.29, 1.82) is 0 Å². The summed E-state index contributed by atoms with van der Waals surface area (Å²) in [6.07, 6.45) is 1.11. The molecule has 0 spiro atoms. The van der Waals surface area contributed by atoms with Crippen LogP contribution in [0.5, 0.6) is 0 Å². The fourth-order valence-electron chi connectivity index (χ4n) is 0.427. The number of rotatable bonds is 4. The molecular formula is C8H14O3. The van der Waals surface area contributed by atoms with E-state index in [1.165, 1.54) is 0 Å². The highest BCUT2D eigenvalue weighted by Gasteiger charge is 2.03. The van der Waals surface area contributed by atoms with Gasteiger partial charge in [-0.1, -0.05) is 13.0 Å². The molecule has 0 aliphatic carbocycles. The third kappa shape index (κ3) is 5.45. The highest BCUT2D eigenvalue weighted by Crippen LogP contribution is 1.97. The van der Waals surface area contributed by atoms with Crippen molar-refractivity contribution in [2.45, 2.75) is 13.8 Å². The zero-order chi connectivity index (χ0) is 8.69. The Hall–Kier alpha value is -0.990. The maximum atomic E-state index is 10.6. The average Bonchev–Trinajstić information content (AvgIpc) is 2.01. The third-order valence-electron chi connectivity index (χ3n) is 1.13. The van der Waals surface area contributed by atoms with Crippen molar-refractivity contribution >= 4 is 6.16 Å². The van der Waals surface area contributed by atoms with Gasteiger partial charge in [0.1, 0.15) is 6.61 Å². The summed E-state index contributed by atoms with van der Waals surface area (Å²) in [7, 11) is 0. The van der Waals surface area contributed by atoms with Crippen molar-refractivity contribution in [3.05, 3.63) is 12.7 Å². The Bertz CT molecular complexity index is 131. The molecule has 64 valence electrons. The van der Waals surface area contributed by atoms with Crippen molar-refractivity contribution in [2.75, 3.05) is 13.2 Å². The fraction of sp³-hybridized carbons (Fsp3) is 0.625. The molecule has 0 saturated carbocycles. The van der Waals surface area contributed by atoms with Crippen molar-refractivity contribution in [3.63, 3.8) is 0 Å². The number of hydrogen-bond donors (Lipinski definition) is 0. The van der Waals surface area contributed by atoms with E-state index >= 15 is 0 Å². The second-order valence-corrected chi connectivity index (χ2v) is 2.21. The van der Waals surface area contributed by atoms with Crippen LogP contribution in [0.2, 0.25) is 0 Å². The van der Waals surface area contributed by atoms with Crippen molar-refractivity contribution in [2.24, 2.45) is 5.92 Å². The first-order valence-electron chi connectivity index (χ1n) is 3.62. The highest BCUT2D eigenvalue weighted by atomic mass is 16.7. The van der Waals surface area contributed by atoms with Gasteiger partial charge in [0.05, 0.1) is 6.61 Å². The SMILES string of the molecule is C=CC(C)COC(=O)OCC. The second kappa shape index (κ2) is 5.77. The lowest BCUT2D eigenvalue weighted by Gasteiger charge is -2.06. The quantitative estimate of drug-likeness (QED) is 0.463. The fourth-order valence-corrected chi connectivity index (χ4v) is 0.427. The molecule has 3 nitrogen and oxygen atoms in total. The lowest BCUT2D eigenvalue weighted by molar-refractivity contribution is 0.0535. The van der Waals surface area contributed by atoms with Gasteiger partial charge in [0.2, 0.25) is 0 Å². The molecule has 0 aromatic heterocycles. The van der Waals surface area contributed by atoms with Crippen LogP contribution in [0.25, 0.3) is 0 Å². The first-order valence-corrected chi connectivity index (χ1v) is 3.62. The largest absolute Gasteiger partial charge is 0.508 e. The zero-order valence-electron chi connectivity index (χ0n) is 7.00. The van der Waals surface area contributed by atoms with E-state index < -0.39 is 6.16 Å².